The van der Waals surface area contributed by atoms with Gasteiger partial charge in [-0.05, 0) is 71.8 Å². The number of aromatic nitrogens is 3. The molecule has 0 amide bonds. The lowest BCUT2D eigenvalue weighted by Gasteiger charge is -2.15. The number of fused-ring (bicyclic) bond motifs is 7. The number of furan rings is 1. The van der Waals surface area contributed by atoms with Crippen LogP contribution in [0.5, 0.6) is 0 Å². The van der Waals surface area contributed by atoms with Crippen LogP contribution in [0.1, 0.15) is 5.56 Å². The van der Waals surface area contributed by atoms with Crippen LogP contribution in [0.15, 0.2) is 174 Å². The van der Waals surface area contributed by atoms with E-state index >= 15 is 0 Å². The van der Waals surface area contributed by atoms with E-state index in [1.165, 1.54) is 0 Å². The maximum absolute atomic E-state index is 9.55. The first-order chi connectivity index (χ1) is 25.7. The summed E-state index contributed by atoms with van der Waals surface area (Å²) in [7, 11) is 0. The van der Waals surface area contributed by atoms with Gasteiger partial charge in [0, 0.05) is 38.5 Å². The maximum Gasteiger partial charge on any atom is 0.160 e. The van der Waals surface area contributed by atoms with Crippen LogP contribution in [0.3, 0.4) is 0 Å². The van der Waals surface area contributed by atoms with Crippen molar-refractivity contribution in [2.75, 3.05) is 0 Å². The fourth-order valence-electron chi connectivity index (χ4n) is 7.38. The van der Waals surface area contributed by atoms with Crippen molar-refractivity contribution >= 4 is 43.7 Å². The van der Waals surface area contributed by atoms with Gasteiger partial charge in [0.25, 0.3) is 0 Å². The van der Waals surface area contributed by atoms with Gasteiger partial charge in [-0.3, -0.25) is 0 Å². The Bertz CT molecular complexity index is 2950. The molecule has 0 N–H and O–H groups in total. The highest BCUT2D eigenvalue weighted by Crippen LogP contribution is 2.42. The molecule has 242 valence electrons. The molecule has 5 heteroatoms. The summed E-state index contributed by atoms with van der Waals surface area (Å²) in [5.41, 5.74) is 12.0. The Morgan fingerprint density at radius 3 is 1.83 bits per heavy atom. The molecule has 0 spiro atoms. The van der Waals surface area contributed by atoms with Crippen molar-refractivity contribution in [3.8, 4) is 56.8 Å². The molecule has 10 rings (SSSR count). The zero-order valence-corrected chi connectivity index (χ0v) is 27.9. The SMILES string of the molecule is N#Cc1ccc(-c2cc(-c3nc(-c4ccccc4)cc(-c4ccccc4)n3)cc(-n3c4ccccc4c4c5oc6ccccc6c5ccc43)c2)cc1. The van der Waals surface area contributed by atoms with Crippen molar-refractivity contribution < 1.29 is 4.42 Å². The van der Waals surface area contributed by atoms with Gasteiger partial charge in [-0.1, -0.05) is 109 Å². The molecule has 0 radical (unpaired) electrons. The van der Waals surface area contributed by atoms with Gasteiger partial charge in [-0.25, -0.2) is 9.97 Å². The van der Waals surface area contributed by atoms with E-state index in [4.69, 9.17) is 14.4 Å². The average Bonchev–Trinajstić information content (AvgIpc) is 3.77. The highest BCUT2D eigenvalue weighted by molar-refractivity contribution is 6.23. The van der Waals surface area contributed by atoms with Crippen molar-refractivity contribution in [3.05, 3.63) is 175 Å². The Kier molecular flexibility index (Phi) is 6.80. The molecule has 0 unspecified atom stereocenters. The lowest BCUT2D eigenvalue weighted by molar-refractivity contribution is 0.673. The molecule has 0 aliphatic heterocycles. The topological polar surface area (TPSA) is 67.6 Å². The van der Waals surface area contributed by atoms with E-state index in [0.29, 0.717) is 11.4 Å². The summed E-state index contributed by atoms with van der Waals surface area (Å²) in [6.45, 7) is 0. The molecular weight excluding hydrogens is 637 g/mol. The number of nitrogens with zero attached hydrogens (tertiary/aromatic N) is 4. The molecular formula is C47H28N4O. The third-order valence-corrected chi connectivity index (χ3v) is 9.83. The number of benzene rings is 7. The molecule has 0 aliphatic carbocycles. The molecule has 7 aromatic carbocycles. The molecule has 0 saturated heterocycles. The van der Waals surface area contributed by atoms with Gasteiger partial charge < -0.3 is 8.98 Å². The Morgan fingerprint density at radius 2 is 1.12 bits per heavy atom. The van der Waals surface area contributed by atoms with Gasteiger partial charge in [0.1, 0.15) is 11.2 Å². The average molecular weight is 665 g/mol. The van der Waals surface area contributed by atoms with Crippen molar-refractivity contribution in [2.24, 2.45) is 0 Å². The Morgan fingerprint density at radius 1 is 0.481 bits per heavy atom. The van der Waals surface area contributed by atoms with Crippen LogP contribution in [0.4, 0.5) is 0 Å². The van der Waals surface area contributed by atoms with Crippen LogP contribution in [0.25, 0.3) is 94.5 Å². The van der Waals surface area contributed by atoms with Crippen LogP contribution in [-0.2, 0) is 0 Å². The Labute approximate surface area is 299 Å². The predicted molar refractivity (Wildman–Crippen MR) is 210 cm³/mol. The van der Waals surface area contributed by atoms with Crippen molar-refractivity contribution in [3.63, 3.8) is 0 Å². The van der Waals surface area contributed by atoms with Crippen molar-refractivity contribution in [1.82, 2.24) is 14.5 Å². The number of hydrogen-bond acceptors (Lipinski definition) is 4. The van der Waals surface area contributed by atoms with Crippen LogP contribution in [0, 0.1) is 11.3 Å². The standard InChI is InChI=1S/C47H28N4O/c48-29-30-19-21-31(22-20-30)34-25-35(47-49-40(32-11-3-1-4-12-32)28-41(50-47)33-13-5-2-6-14-33)27-36(26-34)51-42-17-9-7-16-39(42)45-43(51)24-23-38-37-15-8-10-18-44(37)52-46(38)45/h1-28H. The zero-order valence-electron chi connectivity index (χ0n) is 27.9. The van der Waals surface area contributed by atoms with Crippen LogP contribution < -0.4 is 0 Å². The van der Waals surface area contributed by atoms with Crippen molar-refractivity contribution in [1.29, 1.82) is 5.26 Å². The second-order valence-corrected chi connectivity index (χ2v) is 12.9. The Balaban J connectivity index is 1.27. The second kappa shape index (κ2) is 11.9. The predicted octanol–water partition coefficient (Wildman–Crippen LogP) is 12.0. The van der Waals surface area contributed by atoms with Gasteiger partial charge in [0.2, 0.25) is 0 Å². The van der Waals surface area contributed by atoms with Crippen molar-refractivity contribution in [2.45, 2.75) is 0 Å². The normalized spacial score (nSPS) is 11.4. The van der Waals surface area contributed by atoms with Gasteiger partial charge >= 0.3 is 0 Å². The smallest absolute Gasteiger partial charge is 0.160 e. The highest BCUT2D eigenvalue weighted by atomic mass is 16.3. The van der Waals surface area contributed by atoms with Crippen LogP contribution >= 0.6 is 0 Å². The summed E-state index contributed by atoms with van der Waals surface area (Å²) < 4.78 is 8.89. The maximum atomic E-state index is 9.55. The Hall–Kier alpha value is -7.29. The minimum absolute atomic E-state index is 0.615. The lowest BCUT2D eigenvalue weighted by atomic mass is 9.99. The highest BCUT2D eigenvalue weighted by Gasteiger charge is 2.20. The summed E-state index contributed by atoms with van der Waals surface area (Å²) in [6, 6.07) is 60.1. The third kappa shape index (κ3) is 4.86. The van der Waals surface area contributed by atoms with Gasteiger partial charge in [0.05, 0.1) is 39.4 Å². The summed E-state index contributed by atoms with van der Waals surface area (Å²) >= 11 is 0. The second-order valence-electron chi connectivity index (χ2n) is 12.9. The molecule has 0 saturated carbocycles. The van der Waals surface area contributed by atoms with E-state index < -0.39 is 0 Å². The lowest BCUT2D eigenvalue weighted by Crippen LogP contribution is -1.99. The van der Waals surface area contributed by atoms with E-state index in [1.54, 1.807) is 0 Å². The fraction of sp³-hybridized carbons (Fsp3) is 0. The summed E-state index contributed by atoms with van der Waals surface area (Å²) in [4.78, 5) is 10.4. The summed E-state index contributed by atoms with van der Waals surface area (Å²) in [5.74, 6) is 0.623. The van der Waals surface area contributed by atoms with Gasteiger partial charge in [0.15, 0.2) is 5.82 Å². The van der Waals surface area contributed by atoms with E-state index in [1.807, 2.05) is 72.8 Å². The van der Waals surface area contributed by atoms with E-state index in [2.05, 4.69) is 108 Å². The van der Waals surface area contributed by atoms with E-state index in [-0.39, 0.29) is 0 Å². The van der Waals surface area contributed by atoms with Crippen LogP contribution in [0.2, 0.25) is 0 Å². The number of rotatable bonds is 5. The van der Waals surface area contributed by atoms with Gasteiger partial charge in [-0.2, -0.15) is 5.26 Å². The molecule has 0 bridgehead atoms. The molecule has 10 aromatic rings. The summed E-state index contributed by atoms with van der Waals surface area (Å²) in [6.07, 6.45) is 0. The third-order valence-electron chi connectivity index (χ3n) is 9.83. The molecule has 0 atom stereocenters. The first-order valence-corrected chi connectivity index (χ1v) is 17.2. The number of nitriles is 1. The zero-order chi connectivity index (χ0) is 34.6. The first kappa shape index (κ1) is 29.6. The summed E-state index contributed by atoms with van der Waals surface area (Å²) in [5, 5.41) is 13.9. The number of hydrogen-bond donors (Lipinski definition) is 0. The largest absolute Gasteiger partial charge is 0.455 e. The molecule has 0 fully saturated rings. The van der Waals surface area contributed by atoms with E-state index in [9.17, 15) is 5.26 Å². The van der Waals surface area contributed by atoms with Gasteiger partial charge in [-0.15, -0.1) is 0 Å². The molecule has 3 aromatic heterocycles. The fourth-order valence-corrected chi connectivity index (χ4v) is 7.38. The minimum atomic E-state index is 0.615. The van der Waals surface area contributed by atoms with Crippen LogP contribution in [-0.4, -0.2) is 14.5 Å². The minimum Gasteiger partial charge on any atom is -0.455 e. The first-order valence-electron chi connectivity index (χ1n) is 17.2. The monoisotopic (exact) mass is 664 g/mol. The van der Waals surface area contributed by atoms with E-state index in [0.717, 1.165) is 88.6 Å². The molecule has 0 aliphatic rings. The quantitative estimate of drug-likeness (QED) is 0.184. The molecule has 52 heavy (non-hydrogen) atoms. The number of para-hydroxylation sites is 2. The molecule has 5 nitrogen and oxygen atoms in total. The molecule has 3 heterocycles.